The summed E-state index contributed by atoms with van der Waals surface area (Å²) in [5, 5.41) is 3.47. The molecule has 1 amide bonds. The van der Waals surface area contributed by atoms with Crippen molar-refractivity contribution in [2.45, 2.75) is 52.1 Å². The maximum atomic E-state index is 12.2. The minimum atomic E-state index is -0.443. The van der Waals surface area contributed by atoms with Gasteiger partial charge in [-0.2, -0.15) is 0 Å². The van der Waals surface area contributed by atoms with Gasteiger partial charge in [0.2, 0.25) is 0 Å². The number of amides is 1. The number of piperazine rings is 1. The Morgan fingerprint density at radius 2 is 1.67 bits per heavy atom. The molecule has 0 saturated carbocycles. The minimum Gasteiger partial charge on any atom is -0.444 e. The van der Waals surface area contributed by atoms with Crippen molar-refractivity contribution in [3.8, 4) is 0 Å². The van der Waals surface area contributed by atoms with E-state index in [9.17, 15) is 4.79 Å². The molecule has 1 aliphatic rings. The zero-order valence-electron chi connectivity index (χ0n) is 17.0. The Morgan fingerprint density at radius 1 is 1.04 bits per heavy atom. The lowest BCUT2D eigenvalue weighted by molar-refractivity contribution is 0.0240. The van der Waals surface area contributed by atoms with Crippen LogP contribution in [-0.4, -0.2) is 55.2 Å². The van der Waals surface area contributed by atoms with Gasteiger partial charge in [-0.25, -0.2) is 4.79 Å². The molecular weight excluding hydrogens is 362 g/mol. The third-order valence-electron chi connectivity index (χ3n) is 4.55. The van der Waals surface area contributed by atoms with Gasteiger partial charge in [0.05, 0.1) is 0 Å². The number of ether oxygens (including phenoxy) is 1. The first-order chi connectivity index (χ1) is 12.9. The lowest BCUT2D eigenvalue weighted by Crippen LogP contribution is -2.50. The van der Waals surface area contributed by atoms with Crippen molar-refractivity contribution in [1.29, 1.82) is 0 Å². The lowest BCUT2D eigenvalue weighted by Gasteiger charge is -2.36. The van der Waals surface area contributed by atoms with E-state index < -0.39 is 5.60 Å². The quantitative estimate of drug-likeness (QED) is 0.499. The SMILES string of the molecule is CC(C)(C)OC(=O)N1CCN(c2ccc(NCCCCCCCl)cc2)CC1. The molecule has 0 atom stereocenters. The Morgan fingerprint density at radius 3 is 2.26 bits per heavy atom. The van der Waals surface area contributed by atoms with Crippen molar-refractivity contribution in [3.05, 3.63) is 24.3 Å². The molecule has 0 aliphatic carbocycles. The number of nitrogens with one attached hydrogen (secondary N) is 1. The summed E-state index contributed by atoms with van der Waals surface area (Å²) >= 11 is 5.69. The summed E-state index contributed by atoms with van der Waals surface area (Å²) in [5.41, 5.74) is 1.91. The van der Waals surface area contributed by atoms with Gasteiger partial charge in [0, 0.05) is 50.0 Å². The summed E-state index contributed by atoms with van der Waals surface area (Å²) in [4.78, 5) is 16.3. The van der Waals surface area contributed by atoms with Gasteiger partial charge >= 0.3 is 6.09 Å². The second kappa shape index (κ2) is 10.6. The molecule has 1 aliphatic heterocycles. The number of carbonyl (C=O) groups excluding carboxylic acids is 1. The standard InChI is InChI=1S/C21H34ClN3O2/c1-21(2,3)27-20(26)25-16-14-24(15-17-25)19-10-8-18(9-11-19)23-13-7-5-4-6-12-22/h8-11,23H,4-7,12-17H2,1-3H3. The van der Waals surface area contributed by atoms with Crippen LogP contribution in [0.4, 0.5) is 16.2 Å². The van der Waals surface area contributed by atoms with E-state index >= 15 is 0 Å². The van der Waals surface area contributed by atoms with Gasteiger partial charge in [-0.05, 0) is 57.9 Å². The number of anilines is 2. The van der Waals surface area contributed by atoms with E-state index in [-0.39, 0.29) is 6.09 Å². The van der Waals surface area contributed by atoms with Crippen LogP contribution in [0.1, 0.15) is 46.5 Å². The van der Waals surface area contributed by atoms with E-state index in [2.05, 4.69) is 34.5 Å². The summed E-state index contributed by atoms with van der Waals surface area (Å²) in [6.45, 7) is 9.73. The predicted octanol–water partition coefficient (Wildman–Crippen LogP) is 4.95. The fourth-order valence-electron chi connectivity index (χ4n) is 3.07. The van der Waals surface area contributed by atoms with Crippen LogP contribution in [-0.2, 0) is 4.74 Å². The third kappa shape index (κ3) is 7.87. The highest BCUT2D eigenvalue weighted by atomic mass is 35.5. The van der Waals surface area contributed by atoms with Crippen LogP contribution in [0.25, 0.3) is 0 Å². The van der Waals surface area contributed by atoms with Gasteiger partial charge in [0.25, 0.3) is 0 Å². The van der Waals surface area contributed by atoms with E-state index in [0.717, 1.165) is 37.6 Å². The van der Waals surface area contributed by atoms with E-state index in [4.69, 9.17) is 16.3 Å². The summed E-state index contributed by atoms with van der Waals surface area (Å²) in [7, 11) is 0. The molecule has 1 aromatic rings. The van der Waals surface area contributed by atoms with Crippen LogP contribution >= 0.6 is 11.6 Å². The van der Waals surface area contributed by atoms with Crippen molar-refractivity contribution < 1.29 is 9.53 Å². The molecule has 1 fully saturated rings. The Hall–Kier alpha value is -1.62. The van der Waals surface area contributed by atoms with Crippen LogP contribution in [0, 0.1) is 0 Å². The maximum absolute atomic E-state index is 12.2. The number of nitrogens with zero attached hydrogens (tertiary/aromatic N) is 2. The Kier molecular flexibility index (Phi) is 8.55. The van der Waals surface area contributed by atoms with E-state index in [1.807, 2.05) is 20.8 Å². The Balaban J connectivity index is 1.72. The summed E-state index contributed by atoms with van der Waals surface area (Å²) in [6, 6.07) is 8.57. The monoisotopic (exact) mass is 395 g/mol. The van der Waals surface area contributed by atoms with Gasteiger partial charge < -0.3 is 19.9 Å². The highest BCUT2D eigenvalue weighted by molar-refractivity contribution is 6.17. The molecule has 152 valence electrons. The average molecular weight is 396 g/mol. The fraction of sp³-hybridized carbons (Fsp3) is 0.667. The molecule has 1 heterocycles. The van der Waals surface area contributed by atoms with Crippen LogP contribution < -0.4 is 10.2 Å². The fourth-order valence-corrected chi connectivity index (χ4v) is 3.26. The second-order valence-corrected chi connectivity index (χ2v) is 8.41. The molecule has 1 saturated heterocycles. The number of unbranched alkanes of at least 4 members (excludes halogenated alkanes) is 3. The van der Waals surface area contributed by atoms with Gasteiger partial charge in [0.1, 0.15) is 5.60 Å². The first-order valence-corrected chi connectivity index (χ1v) is 10.6. The van der Waals surface area contributed by atoms with Crippen LogP contribution in [0.5, 0.6) is 0 Å². The van der Waals surface area contributed by atoms with Gasteiger partial charge in [0.15, 0.2) is 0 Å². The molecule has 0 bridgehead atoms. The number of halogens is 1. The van der Waals surface area contributed by atoms with Crippen molar-refractivity contribution in [1.82, 2.24) is 4.90 Å². The van der Waals surface area contributed by atoms with E-state index in [0.29, 0.717) is 13.1 Å². The summed E-state index contributed by atoms with van der Waals surface area (Å²) < 4.78 is 5.46. The van der Waals surface area contributed by atoms with Crippen molar-refractivity contribution >= 4 is 29.1 Å². The largest absolute Gasteiger partial charge is 0.444 e. The molecule has 5 nitrogen and oxygen atoms in total. The van der Waals surface area contributed by atoms with Crippen LogP contribution in [0.3, 0.4) is 0 Å². The molecule has 0 aromatic heterocycles. The van der Waals surface area contributed by atoms with Crippen molar-refractivity contribution in [3.63, 3.8) is 0 Å². The molecule has 0 unspecified atom stereocenters. The Bertz CT molecular complexity index is 564. The molecule has 1 N–H and O–H groups in total. The number of benzene rings is 1. The smallest absolute Gasteiger partial charge is 0.410 e. The van der Waals surface area contributed by atoms with Crippen molar-refractivity contribution in [2.24, 2.45) is 0 Å². The molecule has 1 aromatic carbocycles. The summed E-state index contributed by atoms with van der Waals surface area (Å²) in [5.74, 6) is 0.765. The van der Waals surface area contributed by atoms with E-state index in [1.165, 1.54) is 24.9 Å². The third-order valence-corrected chi connectivity index (χ3v) is 4.82. The highest BCUT2D eigenvalue weighted by Crippen LogP contribution is 2.20. The van der Waals surface area contributed by atoms with Gasteiger partial charge in [-0.15, -0.1) is 11.6 Å². The average Bonchev–Trinajstić information content (AvgIpc) is 2.64. The number of rotatable bonds is 8. The number of hydrogen-bond acceptors (Lipinski definition) is 4. The minimum absolute atomic E-state index is 0.215. The zero-order chi connectivity index (χ0) is 19.7. The molecule has 0 radical (unpaired) electrons. The topological polar surface area (TPSA) is 44.8 Å². The summed E-state index contributed by atoms with van der Waals surface area (Å²) in [6.07, 6.45) is 4.50. The van der Waals surface area contributed by atoms with Gasteiger partial charge in [-0.3, -0.25) is 0 Å². The predicted molar refractivity (Wildman–Crippen MR) is 114 cm³/mol. The number of alkyl halides is 1. The first kappa shape index (κ1) is 21.7. The van der Waals surface area contributed by atoms with Crippen LogP contribution in [0.2, 0.25) is 0 Å². The zero-order valence-corrected chi connectivity index (χ0v) is 17.7. The van der Waals surface area contributed by atoms with Crippen molar-refractivity contribution in [2.75, 3.05) is 48.8 Å². The molecule has 27 heavy (non-hydrogen) atoms. The lowest BCUT2D eigenvalue weighted by atomic mass is 10.2. The highest BCUT2D eigenvalue weighted by Gasteiger charge is 2.25. The molecular formula is C21H34ClN3O2. The normalized spacial score (nSPS) is 15.0. The first-order valence-electron chi connectivity index (χ1n) is 10.0. The van der Waals surface area contributed by atoms with Crippen LogP contribution in [0.15, 0.2) is 24.3 Å². The molecule has 0 spiro atoms. The molecule has 2 rings (SSSR count). The van der Waals surface area contributed by atoms with Gasteiger partial charge in [-0.1, -0.05) is 12.8 Å². The number of carbonyl (C=O) groups is 1. The Labute approximate surface area is 169 Å². The number of hydrogen-bond donors (Lipinski definition) is 1. The van der Waals surface area contributed by atoms with E-state index in [1.54, 1.807) is 4.90 Å². The second-order valence-electron chi connectivity index (χ2n) is 8.03. The maximum Gasteiger partial charge on any atom is 0.410 e. The molecule has 6 heteroatoms.